The summed E-state index contributed by atoms with van der Waals surface area (Å²) in [5.41, 5.74) is 0.713. The minimum atomic E-state index is -1.32. The maximum absolute atomic E-state index is 13.9. The van der Waals surface area contributed by atoms with Crippen molar-refractivity contribution in [2.75, 3.05) is 7.11 Å². The lowest BCUT2D eigenvalue weighted by Gasteiger charge is -2.04. The maximum Gasteiger partial charge on any atom is 0.200 e. The molecule has 0 bridgehead atoms. The molecule has 1 aromatic carbocycles. The van der Waals surface area contributed by atoms with Crippen LogP contribution in [0.4, 0.5) is 13.2 Å². The van der Waals surface area contributed by atoms with Gasteiger partial charge in [-0.2, -0.15) is 4.39 Å². The highest BCUT2D eigenvalue weighted by Crippen LogP contribution is 2.23. The van der Waals surface area contributed by atoms with Crippen LogP contribution >= 0.6 is 0 Å². The van der Waals surface area contributed by atoms with E-state index < -0.39 is 23.2 Å². The molecule has 0 aromatic heterocycles. The molecule has 0 fully saturated rings. The third-order valence-electron chi connectivity index (χ3n) is 3.29. The maximum atomic E-state index is 13.9. The van der Waals surface area contributed by atoms with E-state index in [1.54, 1.807) is 0 Å². The number of hydrogen-bond donors (Lipinski definition) is 1. The topological polar surface area (TPSA) is 29.5 Å². The van der Waals surface area contributed by atoms with Crippen molar-refractivity contribution in [3.63, 3.8) is 0 Å². The number of aromatic hydroxyl groups is 1. The van der Waals surface area contributed by atoms with E-state index in [4.69, 9.17) is 9.84 Å². The van der Waals surface area contributed by atoms with Gasteiger partial charge in [0.15, 0.2) is 11.6 Å². The van der Waals surface area contributed by atoms with E-state index in [9.17, 15) is 13.2 Å². The Labute approximate surface area is 150 Å². The molecule has 0 aliphatic heterocycles. The number of benzene rings is 1. The second-order valence-corrected chi connectivity index (χ2v) is 5.21. The molecule has 1 rings (SSSR count). The van der Waals surface area contributed by atoms with Gasteiger partial charge in [0, 0.05) is 17.2 Å². The van der Waals surface area contributed by atoms with Crippen molar-refractivity contribution in [2.24, 2.45) is 0 Å². The van der Waals surface area contributed by atoms with E-state index in [1.807, 2.05) is 0 Å². The summed E-state index contributed by atoms with van der Waals surface area (Å²) in [7, 11) is 1.36. The average Bonchev–Trinajstić information content (AvgIpc) is 2.62. The molecule has 0 amide bonds. The summed E-state index contributed by atoms with van der Waals surface area (Å²) in [6.45, 7) is 14.5. The fourth-order valence-corrected chi connectivity index (χ4v) is 1.68. The Morgan fingerprint density at radius 3 is 2.31 bits per heavy atom. The summed E-state index contributed by atoms with van der Waals surface area (Å²) < 4.78 is 45.5. The molecule has 0 spiro atoms. The first-order valence-corrected chi connectivity index (χ1v) is 7.38. The Hall–Kier alpha value is -3.21. The molecule has 0 aliphatic rings. The van der Waals surface area contributed by atoms with Crippen molar-refractivity contribution >= 4 is 6.08 Å². The Balaban J connectivity index is 2.80. The van der Waals surface area contributed by atoms with Crippen LogP contribution in [0.1, 0.15) is 5.56 Å². The number of allylic oxidation sites excluding steroid dienone is 8. The molecule has 5 heteroatoms. The first-order valence-electron chi connectivity index (χ1n) is 7.38. The van der Waals surface area contributed by atoms with Crippen LogP contribution in [-0.2, 0) is 4.74 Å². The van der Waals surface area contributed by atoms with Gasteiger partial charge in [0.05, 0.1) is 7.11 Å². The first-order chi connectivity index (χ1) is 12.2. The normalized spacial score (nSPS) is 11.8. The van der Waals surface area contributed by atoms with Crippen LogP contribution in [0.2, 0.25) is 0 Å². The van der Waals surface area contributed by atoms with Gasteiger partial charge in [0.1, 0.15) is 11.6 Å². The van der Waals surface area contributed by atoms with E-state index in [-0.39, 0.29) is 16.9 Å². The Bertz CT molecular complexity index is 843. The number of methoxy groups -OCH3 is 1. The molecular formula is C21H19F3O2. The molecule has 0 unspecified atom stereocenters. The molecule has 0 saturated carbocycles. The lowest BCUT2D eigenvalue weighted by molar-refractivity contribution is 0.307. The van der Waals surface area contributed by atoms with Gasteiger partial charge in [-0.3, -0.25) is 0 Å². The molecular weight excluding hydrogens is 341 g/mol. The van der Waals surface area contributed by atoms with Crippen molar-refractivity contribution in [3.8, 4) is 5.75 Å². The van der Waals surface area contributed by atoms with Crippen LogP contribution < -0.4 is 0 Å². The molecule has 0 aliphatic carbocycles. The molecule has 0 heterocycles. The van der Waals surface area contributed by atoms with Gasteiger partial charge in [-0.15, -0.1) is 0 Å². The molecule has 136 valence electrons. The van der Waals surface area contributed by atoms with E-state index in [0.29, 0.717) is 11.1 Å². The van der Waals surface area contributed by atoms with Crippen molar-refractivity contribution in [1.29, 1.82) is 0 Å². The number of rotatable bonds is 8. The Morgan fingerprint density at radius 2 is 1.69 bits per heavy atom. The summed E-state index contributed by atoms with van der Waals surface area (Å²) in [5.74, 6) is -3.76. The largest absolute Gasteiger partial charge is 0.505 e. The van der Waals surface area contributed by atoms with Gasteiger partial charge in [0.25, 0.3) is 0 Å². The monoisotopic (exact) mass is 360 g/mol. The Kier molecular flexibility index (Phi) is 7.47. The third kappa shape index (κ3) is 5.70. The molecule has 0 radical (unpaired) electrons. The predicted molar refractivity (Wildman–Crippen MR) is 99.0 cm³/mol. The van der Waals surface area contributed by atoms with E-state index in [0.717, 1.165) is 12.1 Å². The van der Waals surface area contributed by atoms with Gasteiger partial charge in [-0.1, -0.05) is 50.6 Å². The predicted octanol–water partition coefficient (Wildman–Crippen LogP) is 5.92. The zero-order chi connectivity index (χ0) is 19.9. The second kappa shape index (κ2) is 9.32. The summed E-state index contributed by atoms with van der Waals surface area (Å²) in [6, 6.07) is 2.27. The fraction of sp³-hybridized carbons (Fsp3) is 0.0476. The molecule has 0 atom stereocenters. The van der Waals surface area contributed by atoms with E-state index in [2.05, 4.69) is 26.3 Å². The van der Waals surface area contributed by atoms with Gasteiger partial charge >= 0.3 is 0 Å². The van der Waals surface area contributed by atoms with Crippen LogP contribution in [0.15, 0.2) is 91.1 Å². The molecule has 1 aromatic rings. The SMILES string of the molecule is C=C(/C=C\C(=C)C(=C)/C(F)=C\C(=C)OC)/C=C/c1ccc(O)c(F)c1F. The fourth-order valence-electron chi connectivity index (χ4n) is 1.68. The molecule has 2 nitrogen and oxygen atoms in total. The smallest absolute Gasteiger partial charge is 0.200 e. The van der Waals surface area contributed by atoms with Crippen LogP contribution in [0.25, 0.3) is 6.08 Å². The Morgan fingerprint density at radius 1 is 1.04 bits per heavy atom. The van der Waals surface area contributed by atoms with E-state index >= 15 is 0 Å². The summed E-state index contributed by atoms with van der Waals surface area (Å²) in [4.78, 5) is 0. The van der Waals surface area contributed by atoms with Gasteiger partial charge < -0.3 is 9.84 Å². The molecule has 26 heavy (non-hydrogen) atoms. The highest BCUT2D eigenvalue weighted by atomic mass is 19.2. The van der Waals surface area contributed by atoms with Gasteiger partial charge in [-0.05, 0) is 23.3 Å². The third-order valence-corrected chi connectivity index (χ3v) is 3.29. The average molecular weight is 360 g/mol. The summed E-state index contributed by atoms with van der Waals surface area (Å²) in [6.07, 6.45) is 6.80. The van der Waals surface area contributed by atoms with Crippen molar-refractivity contribution in [2.45, 2.75) is 0 Å². The lowest BCUT2D eigenvalue weighted by atomic mass is 10.1. The standard InChI is InChI=1S/C21H19F3O2/c1-13(7-9-17-10-11-19(25)21(24)20(17)23)6-8-14(2)16(4)18(22)12-15(3)26-5/h6-12,25H,1-4H2,5H3/b8-6-,9-7+,18-12+. The van der Waals surface area contributed by atoms with Crippen LogP contribution in [-0.4, -0.2) is 12.2 Å². The zero-order valence-electron chi connectivity index (χ0n) is 14.4. The number of ether oxygens (including phenoxy) is 1. The van der Waals surface area contributed by atoms with Gasteiger partial charge in [0.2, 0.25) is 5.82 Å². The number of halogens is 3. The van der Waals surface area contributed by atoms with Crippen LogP contribution in [0.5, 0.6) is 5.75 Å². The summed E-state index contributed by atoms with van der Waals surface area (Å²) >= 11 is 0. The minimum absolute atomic E-state index is 0.0443. The zero-order valence-corrected chi connectivity index (χ0v) is 14.4. The van der Waals surface area contributed by atoms with Gasteiger partial charge in [-0.25, -0.2) is 8.78 Å². The quantitative estimate of drug-likeness (QED) is 0.460. The van der Waals surface area contributed by atoms with Crippen molar-refractivity contribution in [3.05, 3.63) is 108 Å². The molecule has 0 saturated heterocycles. The van der Waals surface area contributed by atoms with E-state index in [1.165, 1.54) is 37.5 Å². The number of phenolic OH excluding ortho intramolecular Hbond substituents is 1. The second-order valence-electron chi connectivity index (χ2n) is 5.21. The highest BCUT2D eigenvalue weighted by molar-refractivity contribution is 5.57. The van der Waals surface area contributed by atoms with Crippen LogP contribution in [0, 0.1) is 11.6 Å². The summed E-state index contributed by atoms with van der Waals surface area (Å²) in [5, 5.41) is 9.08. The highest BCUT2D eigenvalue weighted by Gasteiger charge is 2.10. The van der Waals surface area contributed by atoms with Crippen molar-refractivity contribution < 1.29 is 23.0 Å². The first kappa shape index (κ1) is 20.8. The molecule has 1 N–H and O–H groups in total. The lowest BCUT2D eigenvalue weighted by Crippen LogP contribution is -1.89. The number of hydrogen-bond acceptors (Lipinski definition) is 2. The number of phenols is 1. The minimum Gasteiger partial charge on any atom is -0.505 e. The van der Waals surface area contributed by atoms with Crippen LogP contribution in [0.3, 0.4) is 0 Å². The van der Waals surface area contributed by atoms with Crippen molar-refractivity contribution in [1.82, 2.24) is 0 Å².